The first-order valence-electron chi connectivity index (χ1n) is 7.34. The highest BCUT2D eigenvalue weighted by molar-refractivity contribution is 5.79. The molecule has 2 rings (SSSR count). The van der Waals surface area contributed by atoms with E-state index in [1.807, 2.05) is 0 Å². The maximum atomic E-state index is 12.2. The number of amides is 1. The fourth-order valence-corrected chi connectivity index (χ4v) is 3.02. The molecular weight excluding hydrogens is 262 g/mol. The highest BCUT2D eigenvalue weighted by atomic mass is 17.0. The normalized spacial score (nSPS) is 28.9. The largest absolute Gasteiger partial charge is 0.353 e. The van der Waals surface area contributed by atoms with Crippen LogP contribution in [0, 0.1) is 16.0 Å². The molecule has 0 atom stereocenters. The van der Waals surface area contributed by atoms with Crippen LogP contribution in [0.3, 0.4) is 0 Å². The van der Waals surface area contributed by atoms with E-state index in [0.717, 1.165) is 38.8 Å². The van der Waals surface area contributed by atoms with E-state index in [9.17, 15) is 14.9 Å². The van der Waals surface area contributed by atoms with E-state index < -0.39 is 5.09 Å². The van der Waals surface area contributed by atoms with Crippen LogP contribution in [0.25, 0.3) is 0 Å². The summed E-state index contributed by atoms with van der Waals surface area (Å²) in [5, 5.41) is 12.6. The zero-order chi connectivity index (χ0) is 14.5. The molecule has 7 heteroatoms. The van der Waals surface area contributed by atoms with Gasteiger partial charge in [-0.15, -0.1) is 10.1 Å². The lowest BCUT2D eigenvalue weighted by atomic mass is 9.91. The lowest BCUT2D eigenvalue weighted by molar-refractivity contribution is -0.769. The molecule has 1 heterocycles. The number of nitrogens with zero attached hydrogens (tertiary/aromatic N) is 2. The predicted octanol–water partition coefficient (Wildman–Crippen LogP) is 0.964. The van der Waals surface area contributed by atoms with Crippen LogP contribution in [0.15, 0.2) is 0 Å². The van der Waals surface area contributed by atoms with Gasteiger partial charge in [-0.1, -0.05) is 0 Å². The molecule has 1 amide bonds. The molecule has 114 valence electrons. The van der Waals surface area contributed by atoms with Crippen molar-refractivity contribution in [3.05, 3.63) is 10.1 Å². The molecule has 1 aliphatic heterocycles. The Morgan fingerprint density at radius 2 is 1.80 bits per heavy atom. The summed E-state index contributed by atoms with van der Waals surface area (Å²) < 4.78 is 0. The van der Waals surface area contributed by atoms with Gasteiger partial charge < -0.3 is 15.1 Å². The monoisotopic (exact) mass is 285 g/mol. The fourth-order valence-electron chi connectivity index (χ4n) is 3.02. The number of piperidine rings is 1. The van der Waals surface area contributed by atoms with Gasteiger partial charge in [-0.05, 0) is 58.7 Å². The van der Waals surface area contributed by atoms with Crippen LogP contribution in [0.5, 0.6) is 0 Å². The number of nitrogens with one attached hydrogen (secondary N) is 1. The number of carbonyl (C=O) groups excluding carboxylic acids is 1. The Kier molecular flexibility index (Phi) is 5.17. The first-order valence-corrected chi connectivity index (χ1v) is 7.34. The van der Waals surface area contributed by atoms with Crippen molar-refractivity contribution in [1.29, 1.82) is 0 Å². The van der Waals surface area contributed by atoms with Crippen molar-refractivity contribution in [3.8, 4) is 0 Å². The molecule has 0 unspecified atom stereocenters. The van der Waals surface area contributed by atoms with E-state index in [2.05, 4.69) is 22.1 Å². The topological polar surface area (TPSA) is 84.7 Å². The van der Waals surface area contributed by atoms with Crippen LogP contribution in [-0.4, -0.2) is 48.2 Å². The third-order valence-electron chi connectivity index (χ3n) is 4.35. The highest BCUT2D eigenvalue weighted by Gasteiger charge is 2.28. The van der Waals surface area contributed by atoms with E-state index in [-0.39, 0.29) is 24.0 Å². The summed E-state index contributed by atoms with van der Waals surface area (Å²) in [4.78, 5) is 29.2. The second-order valence-electron chi connectivity index (χ2n) is 5.89. The minimum atomic E-state index is -0.720. The molecule has 1 saturated heterocycles. The van der Waals surface area contributed by atoms with Gasteiger partial charge in [0, 0.05) is 12.0 Å². The van der Waals surface area contributed by atoms with E-state index in [1.54, 1.807) is 0 Å². The van der Waals surface area contributed by atoms with Crippen LogP contribution in [0.1, 0.15) is 38.5 Å². The van der Waals surface area contributed by atoms with Gasteiger partial charge in [-0.2, -0.15) is 0 Å². The van der Waals surface area contributed by atoms with Crippen LogP contribution in [-0.2, 0) is 9.63 Å². The number of rotatable bonds is 4. The SMILES string of the molecule is CN1CCC(C(=O)NC2CCC(O[N+](=O)[O-])CC2)CC1. The Morgan fingerprint density at radius 3 is 2.35 bits per heavy atom. The average Bonchev–Trinajstić information content (AvgIpc) is 2.41. The molecule has 0 aromatic carbocycles. The minimum absolute atomic E-state index is 0.124. The van der Waals surface area contributed by atoms with Gasteiger partial charge in [0.1, 0.15) is 6.10 Å². The number of carbonyl (C=O) groups is 1. The predicted molar refractivity (Wildman–Crippen MR) is 72.5 cm³/mol. The Bertz CT molecular complexity index is 348. The summed E-state index contributed by atoms with van der Waals surface area (Å²) in [7, 11) is 2.07. The Balaban J connectivity index is 1.69. The zero-order valence-electron chi connectivity index (χ0n) is 11.9. The Labute approximate surface area is 118 Å². The Morgan fingerprint density at radius 1 is 1.20 bits per heavy atom. The summed E-state index contributed by atoms with van der Waals surface area (Å²) in [6.07, 6.45) is 4.33. The van der Waals surface area contributed by atoms with Gasteiger partial charge in [-0.3, -0.25) is 4.79 Å². The van der Waals surface area contributed by atoms with Gasteiger partial charge >= 0.3 is 0 Å². The lowest BCUT2D eigenvalue weighted by Crippen LogP contribution is -2.44. The second-order valence-corrected chi connectivity index (χ2v) is 5.89. The smallest absolute Gasteiger partial charge is 0.294 e. The molecule has 0 bridgehead atoms. The van der Waals surface area contributed by atoms with E-state index in [4.69, 9.17) is 0 Å². The summed E-state index contributed by atoms with van der Waals surface area (Å²) in [6, 6.07) is 0.147. The van der Waals surface area contributed by atoms with Gasteiger partial charge in [0.15, 0.2) is 0 Å². The van der Waals surface area contributed by atoms with Gasteiger partial charge in [0.25, 0.3) is 5.09 Å². The van der Waals surface area contributed by atoms with E-state index >= 15 is 0 Å². The van der Waals surface area contributed by atoms with Crippen LogP contribution in [0.2, 0.25) is 0 Å². The summed E-state index contributed by atoms with van der Waals surface area (Å²) in [5.41, 5.74) is 0. The number of hydrogen-bond donors (Lipinski definition) is 1. The van der Waals surface area contributed by atoms with Crippen molar-refractivity contribution in [3.63, 3.8) is 0 Å². The number of likely N-dealkylation sites (tertiary alicyclic amines) is 1. The summed E-state index contributed by atoms with van der Waals surface area (Å²) in [6.45, 7) is 1.95. The van der Waals surface area contributed by atoms with Crippen molar-refractivity contribution in [2.45, 2.75) is 50.7 Å². The van der Waals surface area contributed by atoms with Crippen molar-refractivity contribution < 1.29 is 14.7 Å². The van der Waals surface area contributed by atoms with Gasteiger partial charge in [0.2, 0.25) is 5.91 Å². The third kappa shape index (κ3) is 4.33. The molecule has 2 aliphatic rings. The van der Waals surface area contributed by atoms with Crippen LogP contribution < -0.4 is 5.32 Å². The molecule has 0 aromatic rings. The number of hydrogen-bond acceptors (Lipinski definition) is 5. The third-order valence-corrected chi connectivity index (χ3v) is 4.35. The fraction of sp³-hybridized carbons (Fsp3) is 0.923. The van der Waals surface area contributed by atoms with Crippen molar-refractivity contribution >= 4 is 5.91 Å². The molecule has 20 heavy (non-hydrogen) atoms. The van der Waals surface area contributed by atoms with Crippen molar-refractivity contribution in [2.75, 3.05) is 20.1 Å². The van der Waals surface area contributed by atoms with E-state index in [0.29, 0.717) is 12.8 Å². The average molecular weight is 285 g/mol. The van der Waals surface area contributed by atoms with Crippen LogP contribution in [0.4, 0.5) is 0 Å². The maximum absolute atomic E-state index is 12.2. The van der Waals surface area contributed by atoms with Gasteiger partial charge in [-0.25, -0.2) is 0 Å². The molecule has 0 spiro atoms. The highest BCUT2D eigenvalue weighted by Crippen LogP contribution is 2.23. The molecule has 0 radical (unpaired) electrons. The zero-order valence-corrected chi connectivity index (χ0v) is 11.9. The lowest BCUT2D eigenvalue weighted by Gasteiger charge is -2.31. The van der Waals surface area contributed by atoms with Crippen molar-refractivity contribution in [2.24, 2.45) is 5.92 Å². The Hall–Kier alpha value is -1.37. The quantitative estimate of drug-likeness (QED) is 0.614. The molecular formula is C13H23N3O4. The molecule has 1 aliphatic carbocycles. The maximum Gasteiger partial charge on any atom is 0.294 e. The van der Waals surface area contributed by atoms with E-state index in [1.165, 1.54) is 0 Å². The molecule has 1 saturated carbocycles. The molecule has 2 fully saturated rings. The second kappa shape index (κ2) is 6.88. The summed E-state index contributed by atoms with van der Waals surface area (Å²) in [5.74, 6) is 0.274. The van der Waals surface area contributed by atoms with Crippen LogP contribution >= 0.6 is 0 Å². The first kappa shape index (κ1) is 15.0. The molecule has 1 N–H and O–H groups in total. The first-order chi connectivity index (χ1) is 9.54. The molecule has 7 nitrogen and oxygen atoms in total. The van der Waals surface area contributed by atoms with Gasteiger partial charge in [0.05, 0.1) is 0 Å². The standard InChI is InChI=1S/C13H23N3O4/c1-15-8-6-10(7-9-15)13(17)14-11-2-4-12(5-3-11)20-16(18)19/h10-12H,2-9H2,1H3,(H,14,17). The minimum Gasteiger partial charge on any atom is -0.353 e. The summed E-state index contributed by atoms with van der Waals surface area (Å²) >= 11 is 0. The van der Waals surface area contributed by atoms with Crippen molar-refractivity contribution in [1.82, 2.24) is 10.2 Å². The molecule has 0 aromatic heterocycles.